The number of ether oxygens (including phenoxy) is 1. The number of carbonyl (C=O) groups excluding carboxylic acids is 1. The van der Waals surface area contributed by atoms with E-state index < -0.39 is 0 Å². The van der Waals surface area contributed by atoms with Gasteiger partial charge in [-0.05, 0) is 51.1 Å². The number of aromatic nitrogens is 2. The van der Waals surface area contributed by atoms with Crippen molar-refractivity contribution in [3.8, 4) is 17.1 Å². The van der Waals surface area contributed by atoms with E-state index in [2.05, 4.69) is 5.10 Å². The van der Waals surface area contributed by atoms with E-state index in [9.17, 15) is 4.79 Å². The lowest BCUT2D eigenvalue weighted by Crippen LogP contribution is -2.48. The van der Waals surface area contributed by atoms with Crippen molar-refractivity contribution < 1.29 is 13.9 Å². The first-order valence-corrected chi connectivity index (χ1v) is 9.66. The van der Waals surface area contributed by atoms with E-state index in [0.29, 0.717) is 35.3 Å². The molecule has 4 rings (SSSR count). The molecule has 1 saturated heterocycles. The molecule has 2 atom stereocenters. The second-order valence-electron chi connectivity index (χ2n) is 7.18. The van der Waals surface area contributed by atoms with Crippen LogP contribution in [0.15, 0.2) is 46.9 Å². The number of morpholine rings is 1. The Morgan fingerprint density at radius 1 is 1.14 bits per heavy atom. The summed E-state index contributed by atoms with van der Waals surface area (Å²) in [6.45, 7) is 6.90. The van der Waals surface area contributed by atoms with Crippen LogP contribution in [-0.2, 0) is 4.74 Å². The minimum absolute atomic E-state index is 0.0116. The van der Waals surface area contributed by atoms with Gasteiger partial charge in [-0.25, -0.2) is 4.68 Å². The number of benzene rings is 1. The van der Waals surface area contributed by atoms with Crippen molar-refractivity contribution in [2.45, 2.75) is 33.0 Å². The molecule has 1 amide bonds. The predicted octanol–water partition coefficient (Wildman–Crippen LogP) is 4.34. The predicted molar refractivity (Wildman–Crippen MR) is 107 cm³/mol. The second-order valence-corrected chi connectivity index (χ2v) is 7.62. The van der Waals surface area contributed by atoms with E-state index in [-0.39, 0.29) is 18.1 Å². The Hall–Kier alpha value is -2.57. The van der Waals surface area contributed by atoms with Crippen LogP contribution in [0.25, 0.3) is 17.1 Å². The number of hydrogen-bond acceptors (Lipinski definition) is 4. The second kappa shape index (κ2) is 7.45. The molecule has 0 spiro atoms. The molecule has 3 aromatic rings. The van der Waals surface area contributed by atoms with Gasteiger partial charge in [0.25, 0.3) is 5.91 Å². The maximum Gasteiger partial charge on any atom is 0.272 e. The van der Waals surface area contributed by atoms with Crippen molar-refractivity contribution in [3.63, 3.8) is 0 Å². The summed E-state index contributed by atoms with van der Waals surface area (Å²) in [6.07, 6.45) is -0.0233. The molecule has 0 unspecified atom stereocenters. The molecule has 1 aliphatic rings. The molecule has 3 heterocycles. The summed E-state index contributed by atoms with van der Waals surface area (Å²) in [6, 6.07) is 12.8. The van der Waals surface area contributed by atoms with Gasteiger partial charge in [-0.2, -0.15) is 5.10 Å². The maximum absolute atomic E-state index is 13.4. The van der Waals surface area contributed by atoms with Crippen LogP contribution in [-0.4, -0.2) is 45.9 Å². The van der Waals surface area contributed by atoms with Gasteiger partial charge in [0.2, 0.25) is 0 Å². The Bertz CT molecular complexity index is 1000. The molecule has 146 valence electrons. The van der Waals surface area contributed by atoms with Gasteiger partial charge in [0.1, 0.15) is 17.1 Å². The summed E-state index contributed by atoms with van der Waals surface area (Å²) in [5.74, 6) is 1.32. The van der Waals surface area contributed by atoms with E-state index >= 15 is 0 Å². The normalized spacial score (nSPS) is 19.8. The summed E-state index contributed by atoms with van der Waals surface area (Å²) < 4.78 is 13.1. The van der Waals surface area contributed by atoms with Gasteiger partial charge in [-0.3, -0.25) is 4.79 Å². The van der Waals surface area contributed by atoms with E-state index in [1.807, 2.05) is 49.9 Å². The number of nitrogens with zero attached hydrogens (tertiary/aromatic N) is 3. The fraction of sp³-hybridized carbons (Fsp3) is 0.333. The molecule has 7 heteroatoms. The SMILES string of the molecule is Cc1ccc(-c2cc(C(=O)N3C[C@@H](C)O[C@@H](C)C3)n(-c3cccc(Cl)c3)n2)o1. The van der Waals surface area contributed by atoms with Crippen LogP contribution in [0.1, 0.15) is 30.1 Å². The van der Waals surface area contributed by atoms with Crippen LogP contribution in [0.5, 0.6) is 0 Å². The molecular formula is C21H22ClN3O3. The summed E-state index contributed by atoms with van der Waals surface area (Å²) in [7, 11) is 0. The van der Waals surface area contributed by atoms with Gasteiger partial charge in [0, 0.05) is 24.2 Å². The molecule has 0 radical (unpaired) electrons. The van der Waals surface area contributed by atoms with Crippen LogP contribution in [0.3, 0.4) is 0 Å². The first-order valence-electron chi connectivity index (χ1n) is 9.28. The number of amides is 1. The Kier molecular flexibility index (Phi) is 5.00. The molecule has 1 fully saturated rings. The third-order valence-corrected chi connectivity index (χ3v) is 4.92. The zero-order chi connectivity index (χ0) is 19.8. The Labute approximate surface area is 168 Å². The van der Waals surface area contributed by atoms with Crippen LogP contribution in [0, 0.1) is 6.92 Å². The molecule has 2 aromatic heterocycles. The first kappa shape index (κ1) is 18.8. The average molecular weight is 400 g/mol. The minimum Gasteiger partial charge on any atom is -0.460 e. The van der Waals surface area contributed by atoms with Gasteiger partial charge in [-0.1, -0.05) is 17.7 Å². The Balaban J connectivity index is 1.78. The zero-order valence-electron chi connectivity index (χ0n) is 16.1. The standard InChI is InChI=1S/C21H22ClN3O3/c1-13-7-8-20(28-13)18-10-19(21(26)24-11-14(2)27-15(3)12-24)25(23-18)17-6-4-5-16(22)9-17/h4-10,14-15H,11-12H2,1-3H3/t14-,15+. The molecule has 1 aliphatic heterocycles. The van der Waals surface area contributed by atoms with E-state index in [1.165, 1.54) is 0 Å². The number of aryl methyl sites for hydroxylation is 1. The van der Waals surface area contributed by atoms with Crippen LogP contribution < -0.4 is 0 Å². The lowest BCUT2D eigenvalue weighted by Gasteiger charge is -2.35. The molecule has 6 nitrogen and oxygen atoms in total. The smallest absolute Gasteiger partial charge is 0.272 e. The molecule has 28 heavy (non-hydrogen) atoms. The monoisotopic (exact) mass is 399 g/mol. The third-order valence-electron chi connectivity index (χ3n) is 4.68. The fourth-order valence-electron chi connectivity index (χ4n) is 3.54. The van der Waals surface area contributed by atoms with E-state index in [4.69, 9.17) is 20.8 Å². The zero-order valence-corrected chi connectivity index (χ0v) is 16.8. The van der Waals surface area contributed by atoms with Crippen LogP contribution in [0.4, 0.5) is 0 Å². The van der Waals surface area contributed by atoms with Gasteiger partial charge in [0.15, 0.2) is 5.76 Å². The van der Waals surface area contributed by atoms with Crippen molar-refractivity contribution in [2.24, 2.45) is 0 Å². The minimum atomic E-state index is -0.0935. The topological polar surface area (TPSA) is 60.5 Å². The fourth-order valence-corrected chi connectivity index (χ4v) is 3.72. The van der Waals surface area contributed by atoms with Crippen LogP contribution >= 0.6 is 11.6 Å². The highest BCUT2D eigenvalue weighted by molar-refractivity contribution is 6.30. The van der Waals surface area contributed by atoms with Gasteiger partial charge >= 0.3 is 0 Å². The van der Waals surface area contributed by atoms with Gasteiger partial charge in [0.05, 0.1) is 17.9 Å². The molecule has 0 saturated carbocycles. The summed E-state index contributed by atoms with van der Waals surface area (Å²) >= 11 is 6.17. The molecule has 0 N–H and O–H groups in total. The number of furan rings is 1. The molecule has 1 aromatic carbocycles. The highest BCUT2D eigenvalue weighted by Gasteiger charge is 2.29. The highest BCUT2D eigenvalue weighted by Crippen LogP contribution is 2.26. The number of rotatable bonds is 3. The van der Waals surface area contributed by atoms with Gasteiger partial charge < -0.3 is 14.1 Å². The lowest BCUT2D eigenvalue weighted by molar-refractivity contribution is -0.0588. The Morgan fingerprint density at radius 3 is 2.54 bits per heavy atom. The van der Waals surface area contributed by atoms with Crippen LogP contribution in [0.2, 0.25) is 5.02 Å². The summed E-state index contributed by atoms with van der Waals surface area (Å²) in [4.78, 5) is 15.2. The Morgan fingerprint density at radius 2 is 1.89 bits per heavy atom. The molecule has 0 bridgehead atoms. The molecular weight excluding hydrogens is 378 g/mol. The van der Waals surface area contributed by atoms with Gasteiger partial charge in [-0.15, -0.1) is 0 Å². The highest BCUT2D eigenvalue weighted by atomic mass is 35.5. The first-order chi connectivity index (χ1) is 13.4. The third kappa shape index (κ3) is 3.70. The van der Waals surface area contributed by atoms with E-state index in [1.54, 1.807) is 22.9 Å². The van der Waals surface area contributed by atoms with E-state index in [0.717, 1.165) is 11.4 Å². The quantitative estimate of drug-likeness (QED) is 0.657. The van der Waals surface area contributed by atoms with Crippen molar-refractivity contribution in [1.29, 1.82) is 0 Å². The van der Waals surface area contributed by atoms with Crippen molar-refractivity contribution in [3.05, 3.63) is 58.9 Å². The number of hydrogen-bond donors (Lipinski definition) is 0. The summed E-state index contributed by atoms with van der Waals surface area (Å²) in [5, 5.41) is 5.22. The summed E-state index contributed by atoms with van der Waals surface area (Å²) in [5.41, 5.74) is 1.79. The lowest BCUT2D eigenvalue weighted by atomic mass is 10.2. The number of carbonyl (C=O) groups is 1. The van der Waals surface area contributed by atoms with Crippen molar-refractivity contribution in [1.82, 2.24) is 14.7 Å². The largest absolute Gasteiger partial charge is 0.460 e. The number of halogens is 1. The van der Waals surface area contributed by atoms with Crippen molar-refractivity contribution >= 4 is 17.5 Å². The average Bonchev–Trinajstić information content (AvgIpc) is 3.26. The maximum atomic E-state index is 13.4. The molecule has 0 aliphatic carbocycles. The van der Waals surface area contributed by atoms with Crippen molar-refractivity contribution in [2.75, 3.05) is 13.1 Å².